The fraction of sp³-hybridized carbons (Fsp3) is 0.643. The molecule has 234 valence electrons. The van der Waals surface area contributed by atoms with Gasteiger partial charge in [-0.25, -0.2) is 13.3 Å². The summed E-state index contributed by atoms with van der Waals surface area (Å²) >= 11 is 6.10. The largest absolute Gasteiger partial charge is 0.465 e. The number of esters is 1. The molecule has 1 saturated heterocycles. The number of benzene rings is 1. The van der Waals surface area contributed by atoms with Crippen LogP contribution in [0, 0.1) is 5.92 Å². The Bertz CT molecular complexity index is 1360. The van der Waals surface area contributed by atoms with E-state index < -0.39 is 34.0 Å². The molecule has 14 heteroatoms. The number of fused-ring (bicyclic) bond motifs is 1. The first kappa shape index (κ1) is 32.8. The summed E-state index contributed by atoms with van der Waals surface area (Å²) in [5.41, 5.74) is -1.22. The Labute approximate surface area is 251 Å². The number of carbonyl (C=O) groups excluding carboxylic acids is 2. The Morgan fingerprint density at radius 1 is 1.19 bits per heavy atom. The van der Waals surface area contributed by atoms with E-state index in [1.165, 1.54) is 6.07 Å². The second-order valence-electron chi connectivity index (χ2n) is 11.4. The molecule has 0 amide bonds. The normalized spacial score (nSPS) is 24.7. The van der Waals surface area contributed by atoms with Crippen molar-refractivity contribution in [3.05, 3.63) is 29.3 Å². The highest BCUT2D eigenvalue weighted by Gasteiger charge is 2.52. The van der Waals surface area contributed by atoms with Crippen LogP contribution in [-0.4, -0.2) is 97.5 Å². The molecule has 2 aliphatic rings. The average Bonchev–Trinajstić information content (AvgIpc) is 3.51. The van der Waals surface area contributed by atoms with Crippen LogP contribution in [0.4, 0.5) is 0 Å². The third kappa shape index (κ3) is 7.69. The lowest BCUT2D eigenvalue weighted by molar-refractivity contribution is -0.264. The molecule has 42 heavy (non-hydrogen) atoms. The van der Waals surface area contributed by atoms with Gasteiger partial charge in [-0.15, -0.1) is 0 Å². The van der Waals surface area contributed by atoms with Crippen molar-refractivity contribution in [1.29, 1.82) is 0 Å². The molecule has 1 aliphatic heterocycles. The zero-order valence-electron chi connectivity index (χ0n) is 24.4. The Morgan fingerprint density at radius 2 is 1.93 bits per heavy atom. The van der Waals surface area contributed by atoms with Crippen LogP contribution < -0.4 is 5.32 Å². The average molecular weight is 629 g/mol. The molecule has 0 bridgehead atoms. The number of hydrogen-bond acceptors (Lipinski definition) is 10. The number of carbonyl (C=O) groups is 2. The quantitative estimate of drug-likeness (QED) is 0.123. The van der Waals surface area contributed by atoms with Crippen LogP contribution in [0.25, 0.3) is 10.9 Å². The summed E-state index contributed by atoms with van der Waals surface area (Å²) in [6, 6.07) is 6.47. The van der Waals surface area contributed by atoms with Crippen LogP contribution in [0.15, 0.2) is 29.3 Å². The van der Waals surface area contributed by atoms with Crippen molar-refractivity contribution in [3.63, 3.8) is 0 Å². The maximum Gasteiger partial charge on any atom is 0.320 e. The number of sulfonamides is 1. The number of H-pyrrole nitrogens is 1. The number of nitrogens with zero attached hydrogens (tertiary/aromatic N) is 2. The van der Waals surface area contributed by atoms with Crippen molar-refractivity contribution in [3.8, 4) is 0 Å². The van der Waals surface area contributed by atoms with Crippen molar-refractivity contribution in [2.75, 3.05) is 46.6 Å². The minimum Gasteiger partial charge on any atom is -0.465 e. The van der Waals surface area contributed by atoms with E-state index in [9.17, 15) is 23.3 Å². The topological polar surface area (TPSA) is 150 Å². The number of aromatic nitrogens is 1. The Hall–Kier alpha value is -2.10. The number of halogens is 1. The van der Waals surface area contributed by atoms with Crippen LogP contribution in [0.2, 0.25) is 5.02 Å². The first-order chi connectivity index (χ1) is 19.9. The SMILES string of the molecule is CCOC(=O)CN(C)CC1(CN(COO)S(=O)(=O)c2cc3cc(Cl)ccc3[nH]2)NCC2(CCC(CC(=O)CC)CC2)O1. The molecule has 1 saturated carbocycles. The number of hydrogen-bond donors (Lipinski definition) is 3. The fourth-order valence-electron chi connectivity index (χ4n) is 6.01. The summed E-state index contributed by atoms with van der Waals surface area (Å²) in [5, 5.41) is 13.8. The summed E-state index contributed by atoms with van der Waals surface area (Å²) in [5.74, 6) is 0.132. The van der Waals surface area contributed by atoms with E-state index in [-0.39, 0.29) is 37.1 Å². The zero-order valence-corrected chi connectivity index (χ0v) is 25.9. The lowest BCUT2D eigenvalue weighted by atomic mass is 9.77. The maximum atomic E-state index is 13.9. The molecular formula is C28H41ClN4O8S. The summed E-state index contributed by atoms with van der Waals surface area (Å²) in [4.78, 5) is 33.3. The Kier molecular flexibility index (Phi) is 10.7. The van der Waals surface area contributed by atoms with Crippen molar-refractivity contribution < 1.29 is 37.6 Å². The van der Waals surface area contributed by atoms with Crippen molar-refractivity contribution >= 4 is 44.3 Å². The van der Waals surface area contributed by atoms with Crippen molar-refractivity contribution in [2.45, 2.75) is 68.7 Å². The van der Waals surface area contributed by atoms with Gasteiger partial charge in [0.2, 0.25) is 0 Å². The molecule has 1 spiro atoms. The van der Waals surface area contributed by atoms with Gasteiger partial charge in [-0.05, 0) is 69.8 Å². The molecule has 3 N–H and O–H groups in total. The van der Waals surface area contributed by atoms with Gasteiger partial charge in [0.15, 0.2) is 0 Å². The van der Waals surface area contributed by atoms with Gasteiger partial charge in [-0.2, -0.15) is 4.31 Å². The second kappa shape index (κ2) is 13.7. The van der Waals surface area contributed by atoms with Crippen molar-refractivity contribution in [2.24, 2.45) is 5.92 Å². The van der Waals surface area contributed by atoms with Gasteiger partial charge in [0, 0.05) is 41.9 Å². The summed E-state index contributed by atoms with van der Waals surface area (Å²) < 4.78 is 40.6. The predicted molar refractivity (Wildman–Crippen MR) is 156 cm³/mol. The number of rotatable bonds is 14. The smallest absolute Gasteiger partial charge is 0.320 e. The highest BCUT2D eigenvalue weighted by molar-refractivity contribution is 7.89. The van der Waals surface area contributed by atoms with Gasteiger partial charge in [0.1, 0.15) is 23.3 Å². The lowest BCUT2D eigenvalue weighted by Gasteiger charge is -2.41. The number of likely N-dealkylation sites (N-methyl/N-ethyl adjacent to an activating group) is 1. The molecular weight excluding hydrogens is 588 g/mol. The van der Waals surface area contributed by atoms with Crippen LogP contribution in [-0.2, 0) is 34.0 Å². The Balaban J connectivity index is 1.59. The number of ketones is 1. The van der Waals surface area contributed by atoms with E-state index in [0.717, 1.165) is 17.1 Å². The number of aromatic amines is 1. The van der Waals surface area contributed by atoms with Gasteiger partial charge in [0.05, 0.1) is 25.3 Å². The van der Waals surface area contributed by atoms with E-state index in [1.54, 1.807) is 37.1 Å². The molecule has 4 rings (SSSR count). The minimum atomic E-state index is -4.22. The molecule has 1 atom stereocenters. The summed E-state index contributed by atoms with van der Waals surface area (Å²) in [6.45, 7) is 3.55. The molecule has 1 aromatic carbocycles. The minimum absolute atomic E-state index is 0.0269. The van der Waals surface area contributed by atoms with Crippen LogP contribution in [0.1, 0.15) is 52.4 Å². The highest BCUT2D eigenvalue weighted by Crippen LogP contribution is 2.42. The van der Waals surface area contributed by atoms with E-state index in [4.69, 9.17) is 21.1 Å². The second-order valence-corrected chi connectivity index (χ2v) is 13.7. The summed E-state index contributed by atoms with van der Waals surface area (Å²) in [7, 11) is -2.49. The van der Waals surface area contributed by atoms with Crippen LogP contribution in [0.5, 0.6) is 0 Å². The van der Waals surface area contributed by atoms with Gasteiger partial charge < -0.3 is 14.5 Å². The molecule has 0 radical (unpaired) electrons. The Morgan fingerprint density at radius 3 is 2.60 bits per heavy atom. The van der Waals surface area contributed by atoms with Gasteiger partial charge >= 0.3 is 5.97 Å². The molecule has 1 unspecified atom stereocenters. The van der Waals surface area contributed by atoms with Gasteiger partial charge in [-0.3, -0.25) is 25.1 Å². The first-order valence-corrected chi connectivity index (χ1v) is 16.1. The van der Waals surface area contributed by atoms with Crippen LogP contribution >= 0.6 is 11.6 Å². The monoisotopic (exact) mass is 628 g/mol. The molecule has 1 aliphatic carbocycles. The van der Waals surface area contributed by atoms with E-state index in [0.29, 0.717) is 54.1 Å². The van der Waals surface area contributed by atoms with E-state index in [2.05, 4.69) is 15.2 Å². The zero-order chi connectivity index (χ0) is 30.5. The molecule has 1 aromatic heterocycles. The molecule has 2 aromatic rings. The standard InChI is InChI=1S/C28H41ClN4O8S/c1-4-23(34)12-20-8-10-27(11-9-20)16-30-28(41-27,17-32(3)15-26(35)39-5-2)18-33(19-40-36)42(37,38)25-14-21-13-22(29)6-7-24(21)31-25/h6-7,13-14,20,30-31,36H,4-5,8-12,15-19H2,1-3H3. The molecule has 2 fully saturated rings. The molecule has 2 heterocycles. The number of nitrogens with one attached hydrogen (secondary N) is 2. The van der Waals surface area contributed by atoms with Crippen LogP contribution in [0.3, 0.4) is 0 Å². The molecule has 12 nitrogen and oxygen atoms in total. The predicted octanol–water partition coefficient (Wildman–Crippen LogP) is 3.37. The third-order valence-electron chi connectivity index (χ3n) is 8.11. The maximum absolute atomic E-state index is 13.9. The third-order valence-corrected chi connectivity index (χ3v) is 10.0. The van der Waals surface area contributed by atoms with E-state index >= 15 is 0 Å². The van der Waals surface area contributed by atoms with E-state index in [1.807, 2.05) is 6.92 Å². The fourth-order valence-corrected chi connectivity index (χ4v) is 7.55. The van der Waals surface area contributed by atoms with Crippen molar-refractivity contribution in [1.82, 2.24) is 19.5 Å². The lowest BCUT2D eigenvalue weighted by Crippen LogP contribution is -2.59. The number of ether oxygens (including phenoxy) is 2. The summed E-state index contributed by atoms with van der Waals surface area (Å²) in [6.07, 6.45) is 4.14. The van der Waals surface area contributed by atoms with Gasteiger partial charge in [-0.1, -0.05) is 18.5 Å². The van der Waals surface area contributed by atoms with Gasteiger partial charge in [0.25, 0.3) is 10.0 Å². The first-order valence-electron chi connectivity index (χ1n) is 14.3. The highest BCUT2D eigenvalue weighted by atomic mass is 35.5. The number of Topliss-reactive ketones (excluding diaryl/α,β-unsaturated/α-hetero) is 1.